The van der Waals surface area contributed by atoms with Crippen molar-refractivity contribution in [3.8, 4) is 17.2 Å². The molecule has 1 aromatic carbocycles. The Kier molecular flexibility index (Phi) is 6.10. The smallest absolute Gasteiger partial charge is 0.231 e. The highest BCUT2D eigenvalue weighted by Gasteiger charge is 2.18. The summed E-state index contributed by atoms with van der Waals surface area (Å²) in [4.78, 5) is 0. The summed E-state index contributed by atoms with van der Waals surface area (Å²) in [6.07, 6.45) is 1.40. The Labute approximate surface area is 124 Å². The molecule has 0 fully saturated rings. The minimum Gasteiger partial charge on any atom is -0.490 e. The van der Waals surface area contributed by atoms with E-state index >= 15 is 0 Å². The SMILES string of the molecule is CCCCOCC(O)COc1cc2c(cc1CN)OCO2. The molecule has 2 rings (SSSR count). The van der Waals surface area contributed by atoms with E-state index in [-0.39, 0.29) is 20.0 Å². The molecule has 1 atom stereocenters. The highest BCUT2D eigenvalue weighted by atomic mass is 16.7. The average Bonchev–Trinajstić information content (AvgIpc) is 2.95. The summed E-state index contributed by atoms with van der Waals surface area (Å²) in [5.41, 5.74) is 6.52. The van der Waals surface area contributed by atoms with Gasteiger partial charge in [-0.15, -0.1) is 0 Å². The van der Waals surface area contributed by atoms with Crippen molar-refractivity contribution >= 4 is 0 Å². The van der Waals surface area contributed by atoms with E-state index in [0.717, 1.165) is 18.4 Å². The molecule has 0 bridgehead atoms. The minimum atomic E-state index is -0.669. The molecule has 0 saturated carbocycles. The second kappa shape index (κ2) is 8.07. The van der Waals surface area contributed by atoms with Crippen molar-refractivity contribution in [3.63, 3.8) is 0 Å². The summed E-state index contributed by atoms with van der Waals surface area (Å²) in [6, 6.07) is 3.55. The number of hydrogen-bond acceptors (Lipinski definition) is 6. The molecule has 21 heavy (non-hydrogen) atoms. The van der Waals surface area contributed by atoms with E-state index in [9.17, 15) is 5.11 Å². The zero-order valence-electron chi connectivity index (χ0n) is 12.3. The highest BCUT2D eigenvalue weighted by Crippen LogP contribution is 2.38. The van der Waals surface area contributed by atoms with Crippen molar-refractivity contribution in [3.05, 3.63) is 17.7 Å². The number of hydrogen-bond donors (Lipinski definition) is 2. The van der Waals surface area contributed by atoms with Crippen LogP contribution in [0.25, 0.3) is 0 Å². The van der Waals surface area contributed by atoms with Crippen molar-refractivity contribution in [1.82, 2.24) is 0 Å². The van der Waals surface area contributed by atoms with Crippen LogP contribution in [-0.4, -0.2) is 37.8 Å². The first kappa shape index (κ1) is 15.9. The first-order valence-corrected chi connectivity index (χ1v) is 7.25. The maximum absolute atomic E-state index is 9.83. The fourth-order valence-corrected chi connectivity index (χ4v) is 1.96. The average molecular weight is 297 g/mol. The summed E-state index contributed by atoms with van der Waals surface area (Å²) in [5.74, 6) is 1.91. The van der Waals surface area contributed by atoms with E-state index in [1.807, 2.05) is 6.07 Å². The zero-order valence-corrected chi connectivity index (χ0v) is 12.3. The van der Waals surface area contributed by atoms with Crippen LogP contribution < -0.4 is 19.9 Å². The van der Waals surface area contributed by atoms with Crippen LogP contribution in [0.2, 0.25) is 0 Å². The van der Waals surface area contributed by atoms with Gasteiger partial charge < -0.3 is 29.8 Å². The molecule has 118 valence electrons. The topological polar surface area (TPSA) is 83.2 Å². The van der Waals surface area contributed by atoms with Crippen molar-refractivity contribution in [2.75, 3.05) is 26.6 Å². The van der Waals surface area contributed by atoms with Crippen LogP contribution in [-0.2, 0) is 11.3 Å². The lowest BCUT2D eigenvalue weighted by Crippen LogP contribution is -2.24. The summed E-state index contributed by atoms with van der Waals surface area (Å²) in [6.45, 7) is 3.70. The largest absolute Gasteiger partial charge is 0.490 e. The minimum absolute atomic E-state index is 0.152. The van der Waals surface area contributed by atoms with Gasteiger partial charge in [0, 0.05) is 24.8 Å². The third-order valence-electron chi connectivity index (χ3n) is 3.16. The van der Waals surface area contributed by atoms with Gasteiger partial charge in [-0.1, -0.05) is 13.3 Å². The van der Waals surface area contributed by atoms with Gasteiger partial charge in [0.1, 0.15) is 18.5 Å². The number of rotatable bonds is 9. The normalized spacial score (nSPS) is 14.2. The first-order chi connectivity index (χ1) is 10.2. The zero-order chi connectivity index (χ0) is 15.1. The number of aliphatic hydroxyl groups excluding tert-OH is 1. The molecule has 0 spiro atoms. The summed E-state index contributed by atoms with van der Waals surface area (Å²) in [5, 5.41) is 9.83. The van der Waals surface area contributed by atoms with Gasteiger partial charge in [0.05, 0.1) is 6.61 Å². The summed E-state index contributed by atoms with van der Waals surface area (Å²) >= 11 is 0. The van der Waals surface area contributed by atoms with Crippen LogP contribution in [0, 0.1) is 0 Å². The van der Waals surface area contributed by atoms with Crippen molar-refractivity contribution in [2.24, 2.45) is 5.73 Å². The van der Waals surface area contributed by atoms with Gasteiger partial charge >= 0.3 is 0 Å². The second-order valence-corrected chi connectivity index (χ2v) is 4.91. The fourth-order valence-electron chi connectivity index (χ4n) is 1.96. The number of ether oxygens (including phenoxy) is 4. The number of fused-ring (bicyclic) bond motifs is 1. The van der Waals surface area contributed by atoms with E-state index in [4.69, 9.17) is 24.7 Å². The van der Waals surface area contributed by atoms with Gasteiger partial charge in [-0.3, -0.25) is 0 Å². The van der Waals surface area contributed by atoms with Crippen LogP contribution in [0.1, 0.15) is 25.3 Å². The molecule has 6 heteroatoms. The van der Waals surface area contributed by atoms with E-state index in [1.165, 1.54) is 0 Å². The maximum Gasteiger partial charge on any atom is 0.231 e. The van der Waals surface area contributed by atoms with Crippen LogP contribution >= 0.6 is 0 Å². The Morgan fingerprint density at radius 3 is 2.76 bits per heavy atom. The molecule has 0 saturated heterocycles. The number of benzene rings is 1. The van der Waals surface area contributed by atoms with E-state index in [2.05, 4.69) is 6.92 Å². The van der Waals surface area contributed by atoms with Crippen LogP contribution in [0.3, 0.4) is 0 Å². The molecular weight excluding hydrogens is 274 g/mol. The Morgan fingerprint density at radius 1 is 1.29 bits per heavy atom. The third kappa shape index (κ3) is 4.49. The predicted octanol–water partition coefficient (Wildman–Crippen LogP) is 1.43. The van der Waals surface area contributed by atoms with Gasteiger partial charge in [0.25, 0.3) is 0 Å². The molecule has 0 radical (unpaired) electrons. The maximum atomic E-state index is 9.83. The van der Waals surface area contributed by atoms with E-state index in [1.54, 1.807) is 6.07 Å². The third-order valence-corrected chi connectivity index (χ3v) is 3.16. The predicted molar refractivity (Wildman–Crippen MR) is 77.7 cm³/mol. The van der Waals surface area contributed by atoms with Crippen LogP contribution in [0.5, 0.6) is 17.2 Å². The lowest BCUT2D eigenvalue weighted by atomic mass is 10.2. The number of unbranched alkanes of at least 4 members (excludes halogenated alkanes) is 1. The van der Waals surface area contributed by atoms with Gasteiger partial charge in [0.2, 0.25) is 6.79 Å². The second-order valence-electron chi connectivity index (χ2n) is 4.91. The lowest BCUT2D eigenvalue weighted by molar-refractivity contribution is 0.0111. The van der Waals surface area contributed by atoms with Crippen LogP contribution in [0.4, 0.5) is 0 Å². The highest BCUT2D eigenvalue weighted by molar-refractivity contribution is 5.51. The molecular formula is C15H23NO5. The summed E-state index contributed by atoms with van der Waals surface area (Å²) in [7, 11) is 0. The molecule has 6 nitrogen and oxygen atoms in total. The molecule has 1 aliphatic heterocycles. The van der Waals surface area contributed by atoms with Crippen molar-refractivity contribution in [2.45, 2.75) is 32.4 Å². The van der Waals surface area contributed by atoms with Crippen LogP contribution in [0.15, 0.2) is 12.1 Å². The molecule has 3 N–H and O–H groups in total. The van der Waals surface area contributed by atoms with Gasteiger partial charge in [-0.25, -0.2) is 0 Å². The summed E-state index contributed by atoms with van der Waals surface area (Å²) < 4.78 is 21.6. The molecule has 0 aliphatic carbocycles. The standard InChI is InChI=1S/C15H23NO5/c1-2-3-4-18-8-12(17)9-19-13-6-15-14(20-10-21-15)5-11(13)7-16/h5-6,12,17H,2-4,7-10,16H2,1H3. The van der Waals surface area contributed by atoms with Crippen molar-refractivity contribution in [1.29, 1.82) is 0 Å². The van der Waals surface area contributed by atoms with Gasteiger partial charge in [-0.05, 0) is 12.5 Å². The number of nitrogens with two attached hydrogens (primary N) is 1. The Morgan fingerprint density at radius 2 is 2.05 bits per heavy atom. The molecule has 0 aromatic heterocycles. The van der Waals surface area contributed by atoms with E-state index < -0.39 is 6.10 Å². The number of aliphatic hydroxyl groups is 1. The first-order valence-electron chi connectivity index (χ1n) is 7.25. The molecule has 1 aliphatic rings. The fraction of sp³-hybridized carbons (Fsp3) is 0.600. The lowest BCUT2D eigenvalue weighted by Gasteiger charge is -2.15. The van der Waals surface area contributed by atoms with Gasteiger partial charge in [0.15, 0.2) is 11.5 Å². The Balaban J connectivity index is 1.85. The quantitative estimate of drug-likeness (QED) is 0.671. The van der Waals surface area contributed by atoms with E-state index in [0.29, 0.717) is 30.4 Å². The molecule has 1 heterocycles. The Hall–Kier alpha value is -1.50. The molecule has 1 aromatic rings. The Bertz CT molecular complexity index is 452. The van der Waals surface area contributed by atoms with Gasteiger partial charge in [-0.2, -0.15) is 0 Å². The van der Waals surface area contributed by atoms with Crippen molar-refractivity contribution < 1.29 is 24.1 Å². The molecule has 0 amide bonds. The monoisotopic (exact) mass is 297 g/mol. The molecule has 1 unspecified atom stereocenters.